The van der Waals surface area contributed by atoms with E-state index >= 15 is 0 Å². The van der Waals surface area contributed by atoms with E-state index in [-0.39, 0.29) is 11.9 Å². The van der Waals surface area contributed by atoms with Crippen LogP contribution in [-0.4, -0.2) is 37.9 Å². The lowest BCUT2D eigenvalue weighted by molar-refractivity contribution is -0.119. The monoisotopic (exact) mass is 419 g/mol. The maximum atomic E-state index is 12.5. The average molecular weight is 420 g/mol. The normalized spacial score (nSPS) is 20.4. The Bertz CT molecular complexity index is 1000. The highest BCUT2D eigenvalue weighted by Gasteiger charge is 2.29. The molecule has 0 aliphatic carbocycles. The number of amides is 1. The Kier molecular flexibility index (Phi) is 6.44. The summed E-state index contributed by atoms with van der Waals surface area (Å²) in [7, 11) is 0. The molecule has 2 aromatic carbocycles. The zero-order chi connectivity index (χ0) is 21.8. The van der Waals surface area contributed by atoms with Crippen molar-refractivity contribution >= 4 is 11.6 Å². The van der Waals surface area contributed by atoms with Crippen LogP contribution in [-0.2, 0) is 11.2 Å². The van der Waals surface area contributed by atoms with Crippen LogP contribution < -0.4 is 10.6 Å². The lowest BCUT2D eigenvalue weighted by Crippen LogP contribution is -2.35. The molecule has 4 unspecified atom stereocenters. The van der Waals surface area contributed by atoms with Crippen molar-refractivity contribution in [3.8, 4) is 0 Å². The molecule has 31 heavy (non-hydrogen) atoms. The zero-order valence-corrected chi connectivity index (χ0v) is 17.9. The maximum absolute atomic E-state index is 12.5. The smallest absolute Gasteiger partial charge is 0.249 e. The Balaban J connectivity index is 1.29. The van der Waals surface area contributed by atoms with Crippen molar-refractivity contribution in [1.82, 2.24) is 20.1 Å². The summed E-state index contributed by atoms with van der Waals surface area (Å²) in [6.45, 7) is 3.59. The number of anilines is 1. The molecular formula is C24H29N5O2. The number of carbonyl (C=O) groups excluding carboxylic acids is 1. The molecule has 1 aromatic heterocycles. The minimum atomic E-state index is -0.487. The third kappa shape index (κ3) is 5.18. The van der Waals surface area contributed by atoms with Crippen molar-refractivity contribution in [2.45, 2.75) is 57.3 Å². The molecule has 7 nitrogen and oxygen atoms in total. The number of hydrogen-bond acceptors (Lipinski definition) is 5. The van der Waals surface area contributed by atoms with E-state index in [1.54, 1.807) is 24.9 Å². The number of aromatic nitrogens is 3. The Morgan fingerprint density at radius 3 is 2.61 bits per heavy atom. The lowest BCUT2D eigenvalue weighted by Gasteiger charge is -2.20. The number of rotatable bonds is 7. The quantitative estimate of drug-likeness (QED) is 0.547. The van der Waals surface area contributed by atoms with Gasteiger partial charge in [-0.1, -0.05) is 42.5 Å². The molecule has 2 heterocycles. The van der Waals surface area contributed by atoms with Crippen LogP contribution in [0.2, 0.25) is 0 Å². The number of nitrogens with one attached hydrogen (secondary N) is 2. The number of hydrogen-bond donors (Lipinski definition) is 3. The number of aliphatic hydroxyl groups excluding tert-OH is 1. The number of aryl methyl sites for hydroxylation is 1. The van der Waals surface area contributed by atoms with Gasteiger partial charge in [-0.3, -0.25) is 4.79 Å². The molecule has 1 fully saturated rings. The minimum absolute atomic E-state index is 0.0767. The molecule has 0 bridgehead atoms. The highest BCUT2D eigenvalue weighted by atomic mass is 16.3. The van der Waals surface area contributed by atoms with Crippen molar-refractivity contribution in [2.75, 3.05) is 5.32 Å². The van der Waals surface area contributed by atoms with E-state index in [0.29, 0.717) is 11.9 Å². The van der Waals surface area contributed by atoms with Crippen molar-refractivity contribution in [2.24, 2.45) is 0 Å². The van der Waals surface area contributed by atoms with Crippen LogP contribution in [0.4, 0.5) is 5.69 Å². The lowest BCUT2D eigenvalue weighted by atomic mass is 10.0. The summed E-state index contributed by atoms with van der Waals surface area (Å²) >= 11 is 0. The summed E-state index contributed by atoms with van der Waals surface area (Å²) in [5, 5.41) is 21.4. The maximum Gasteiger partial charge on any atom is 0.249 e. The van der Waals surface area contributed by atoms with Gasteiger partial charge in [0.15, 0.2) is 0 Å². The molecule has 0 radical (unpaired) electrons. The number of carbonyl (C=O) groups is 1. The second-order valence-electron chi connectivity index (χ2n) is 8.24. The van der Waals surface area contributed by atoms with Crippen LogP contribution in [0.25, 0.3) is 0 Å². The van der Waals surface area contributed by atoms with E-state index in [4.69, 9.17) is 0 Å². The van der Waals surface area contributed by atoms with Crippen LogP contribution >= 0.6 is 0 Å². The first-order chi connectivity index (χ1) is 15.0. The van der Waals surface area contributed by atoms with Gasteiger partial charge in [0.05, 0.1) is 6.10 Å². The molecule has 3 N–H and O–H groups in total. The standard InChI is InChI=1S/C24H29N5O2/c1-16(29-15-25-17(2)28-29)24(31)27-20-10-8-18(9-11-20)14-21-12-13-22(26-21)23(30)19-6-4-3-5-7-19/h3-11,15-16,21-23,26,30H,12-14H2,1-2H3,(H,27,31). The van der Waals surface area contributed by atoms with E-state index in [9.17, 15) is 9.90 Å². The van der Waals surface area contributed by atoms with Crippen LogP contribution in [0, 0.1) is 6.92 Å². The van der Waals surface area contributed by atoms with Gasteiger partial charge in [-0.2, -0.15) is 5.10 Å². The van der Waals surface area contributed by atoms with Gasteiger partial charge in [-0.05, 0) is 56.4 Å². The van der Waals surface area contributed by atoms with Crippen molar-refractivity contribution in [3.63, 3.8) is 0 Å². The molecule has 1 aliphatic rings. The van der Waals surface area contributed by atoms with Gasteiger partial charge < -0.3 is 15.7 Å². The van der Waals surface area contributed by atoms with Gasteiger partial charge in [0.1, 0.15) is 18.2 Å². The van der Waals surface area contributed by atoms with E-state index in [1.165, 1.54) is 5.56 Å². The predicted molar refractivity (Wildman–Crippen MR) is 120 cm³/mol. The molecule has 7 heteroatoms. The van der Waals surface area contributed by atoms with Crippen molar-refractivity contribution < 1.29 is 9.90 Å². The average Bonchev–Trinajstić information content (AvgIpc) is 3.44. The summed E-state index contributed by atoms with van der Waals surface area (Å²) in [4.78, 5) is 16.5. The fourth-order valence-electron chi connectivity index (χ4n) is 4.07. The molecule has 1 aliphatic heterocycles. The Hall–Kier alpha value is -3.03. The molecule has 3 aromatic rings. The predicted octanol–water partition coefficient (Wildman–Crippen LogP) is 3.18. The largest absolute Gasteiger partial charge is 0.387 e. The Labute approximate surface area is 182 Å². The topological polar surface area (TPSA) is 92.1 Å². The Morgan fingerprint density at radius 1 is 1.19 bits per heavy atom. The Morgan fingerprint density at radius 2 is 1.94 bits per heavy atom. The van der Waals surface area contributed by atoms with E-state index in [0.717, 1.165) is 30.5 Å². The summed E-state index contributed by atoms with van der Waals surface area (Å²) in [6.07, 6.45) is 3.95. The van der Waals surface area contributed by atoms with Crippen molar-refractivity contribution in [1.29, 1.82) is 0 Å². The molecule has 1 saturated heterocycles. The highest BCUT2D eigenvalue weighted by molar-refractivity contribution is 5.93. The third-order valence-corrected chi connectivity index (χ3v) is 5.90. The van der Waals surface area contributed by atoms with Crippen LogP contribution in [0.3, 0.4) is 0 Å². The van der Waals surface area contributed by atoms with Crippen LogP contribution in [0.15, 0.2) is 60.9 Å². The van der Waals surface area contributed by atoms with Gasteiger partial charge in [-0.25, -0.2) is 9.67 Å². The summed E-state index contributed by atoms with van der Waals surface area (Å²) < 4.78 is 1.56. The minimum Gasteiger partial charge on any atom is -0.387 e. The van der Waals surface area contributed by atoms with Gasteiger partial charge in [0.25, 0.3) is 0 Å². The molecule has 0 saturated carbocycles. The van der Waals surface area contributed by atoms with Gasteiger partial charge in [0, 0.05) is 17.8 Å². The second kappa shape index (κ2) is 9.41. The molecule has 0 spiro atoms. The number of aliphatic hydroxyl groups is 1. The molecule has 4 rings (SSSR count). The first kappa shape index (κ1) is 21.2. The summed E-state index contributed by atoms with van der Waals surface area (Å²) in [5.74, 6) is 0.510. The zero-order valence-electron chi connectivity index (χ0n) is 17.9. The van der Waals surface area contributed by atoms with Gasteiger partial charge in [-0.15, -0.1) is 0 Å². The van der Waals surface area contributed by atoms with Crippen LogP contribution in [0.1, 0.15) is 48.9 Å². The summed E-state index contributed by atoms with van der Waals surface area (Å²) in [5.41, 5.74) is 2.91. The van der Waals surface area contributed by atoms with Crippen LogP contribution in [0.5, 0.6) is 0 Å². The van der Waals surface area contributed by atoms with Gasteiger partial charge >= 0.3 is 0 Å². The first-order valence-corrected chi connectivity index (χ1v) is 10.8. The highest BCUT2D eigenvalue weighted by Crippen LogP contribution is 2.27. The summed E-state index contributed by atoms with van der Waals surface area (Å²) in [6, 6.07) is 17.7. The number of benzene rings is 2. The van der Waals surface area contributed by atoms with Crippen molar-refractivity contribution in [3.05, 3.63) is 77.9 Å². The van der Waals surface area contributed by atoms with E-state index in [2.05, 4.69) is 20.7 Å². The molecule has 4 atom stereocenters. The number of nitrogens with zero attached hydrogens (tertiary/aromatic N) is 3. The van der Waals surface area contributed by atoms with E-state index < -0.39 is 12.1 Å². The molecule has 162 valence electrons. The molecule has 1 amide bonds. The first-order valence-electron chi connectivity index (χ1n) is 10.8. The second-order valence-corrected chi connectivity index (χ2v) is 8.24. The molecular weight excluding hydrogens is 390 g/mol. The third-order valence-electron chi connectivity index (χ3n) is 5.90. The van der Waals surface area contributed by atoms with E-state index in [1.807, 2.05) is 54.6 Å². The SMILES string of the molecule is Cc1ncn(C(C)C(=O)Nc2ccc(CC3CCC(C(O)c4ccccc4)N3)cc2)n1. The fourth-order valence-corrected chi connectivity index (χ4v) is 4.07. The van der Waals surface area contributed by atoms with Gasteiger partial charge in [0.2, 0.25) is 5.91 Å². The fraction of sp³-hybridized carbons (Fsp3) is 0.375.